The van der Waals surface area contributed by atoms with E-state index in [2.05, 4.69) is 4.98 Å². The van der Waals surface area contributed by atoms with Crippen LogP contribution in [-0.2, 0) is 4.79 Å². The smallest absolute Gasteiger partial charge is 0.265 e. The van der Waals surface area contributed by atoms with E-state index >= 15 is 0 Å². The van der Waals surface area contributed by atoms with Crippen LogP contribution in [-0.4, -0.2) is 24.5 Å². The second kappa shape index (κ2) is 4.80. The van der Waals surface area contributed by atoms with Crippen LogP contribution in [0.2, 0.25) is 5.02 Å². The molecule has 0 unspecified atom stereocenters. The van der Waals surface area contributed by atoms with Gasteiger partial charge in [0.1, 0.15) is 0 Å². The zero-order valence-corrected chi connectivity index (χ0v) is 11.9. The number of halogens is 1. The normalized spacial score (nSPS) is 13.9. The van der Waals surface area contributed by atoms with Crippen LogP contribution in [0, 0.1) is 6.92 Å². The molecule has 0 saturated carbocycles. The summed E-state index contributed by atoms with van der Waals surface area (Å²) in [5.41, 5.74) is 2.79. The van der Waals surface area contributed by atoms with E-state index in [1.165, 1.54) is 4.90 Å². The summed E-state index contributed by atoms with van der Waals surface area (Å²) in [4.78, 5) is 17.4. The van der Waals surface area contributed by atoms with Crippen molar-refractivity contribution in [2.75, 3.05) is 18.6 Å². The number of rotatable bonds is 1. The van der Waals surface area contributed by atoms with Gasteiger partial charge in [0, 0.05) is 24.4 Å². The Hall–Kier alpha value is -2.07. The van der Waals surface area contributed by atoms with Crippen molar-refractivity contribution in [1.82, 2.24) is 4.98 Å². The summed E-state index contributed by atoms with van der Waals surface area (Å²) < 4.78 is 5.44. The number of ether oxygens (including phenoxy) is 1. The predicted molar refractivity (Wildman–Crippen MR) is 78.3 cm³/mol. The third kappa shape index (κ3) is 2.02. The van der Waals surface area contributed by atoms with Gasteiger partial charge in [-0.2, -0.15) is 0 Å². The maximum absolute atomic E-state index is 11.6. The number of nitrogens with zero attached hydrogens (tertiary/aromatic N) is 2. The van der Waals surface area contributed by atoms with Gasteiger partial charge in [-0.15, -0.1) is 0 Å². The van der Waals surface area contributed by atoms with E-state index in [0.29, 0.717) is 16.6 Å². The number of pyridine rings is 1. The minimum Gasteiger partial charge on any atom is -0.480 e. The number of hydrogen-bond acceptors (Lipinski definition) is 3. The lowest BCUT2D eigenvalue weighted by Crippen LogP contribution is -2.36. The number of carbonyl (C=O) groups excluding carboxylic acids is 1. The van der Waals surface area contributed by atoms with Gasteiger partial charge >= 0.3 is 0 Å². The molecule has 0 fully saturated rings. The Morgan fingerprint density at radius 3 is 3.00 bits per heavy atom. The molecule has 102 valence electrons. The van der Waals surface area contributed by atoms with E-state index in [1.54, 1.807) is 13.2 Å². The first-order chi connectivity index (χ1) is 9.58. The molecule has 5 heteroatoms. The van der Waals surface area contributed by atoms with Crippen molar-refractivity contribution in [3.63, 3.8) is 0 Å². The van der Waals surface area contributed by atoms with Crippen molar-refractivity contribution in [2.45, 2.75) is 6.92 Å². The third-order valence-corrected chi connectivity index (χ3v) is 3.88. The molecule has 1 aromatic heterocycles. The molecule has 20 heavy (non-hydrogen) atoms. The number of amides is 1. The maximum atomic E-state index is 11.6. The summed E-state index contributed by atoms with van der Waals surface area (Å²) >= 11 is 6.33. The average molecular weight is 289 g/mol. The monoisotopic (exact) mass is 288 g/mol. The minimum absolute atomic E-state index is 0.0379. The lowest BCUT2D eigenvalue weighted by Gasteiger charge is -2.25. The van der Waals surface area contributed by atoms with Crippen LogP contribution in [0.5, 0.6) is 5.75 Å². The molecule has 2 aromatic rings. The van der Waals surface area contributed by atoms with Crippen LogP contribution in [0.3, 0.4) is 0 Å². The molecule has 0 aliphatic carbocycles. The Bertz CT molecular complexity index is 700. The number of likely N-dealkylation sites (N-methyl/N-ethyl adjacent to an activating group) is 1. The minimum atomic E-state index is -0.105. The Balaban J connectivity index is 2.09. The van der Waals surface area contributed by atoms with Gasteiger partial charge in [0.2, 0.25) is 0 Å². The highest BCUT2D eigenvalue weighted by Gasteiger charge is 2.24. The molecule has 0 spiro atoms. The van der Waals surface area contributed by atoms with Crippen LogP contribution >= 0.6 is 11.6 Å². The first kappa shape index (κ1) is 12.9. The summed E-state index contributed by atoms with van der Waals surface area (Å²) in [7, 11) is 1.69. The topological polar surface area (TPSA) is 42.4 Å². The van der Waals surface area contributed by atoms with Crippen LogP contribution in [0.1, 0.15) is 5.56 Å². The molecule has 0 bridgehead atoms. The van der Waals surface area contributed by atoms with Crippen molar-refractivity contribution in [3.05, 3.63) is 41.0 Å². The summed E-state index contributed by atoms with van der Waals surface area (Å²) in [5.74, 6) is 1.03. The molecule has 2 heterocycles. The molecule has 1 aromatic carbocycles. The zero-order valence-electron chi connectivity index (χ0n) is 11.2. The number of carbonyl (C=O) groups is 1. The Kier molecular flexibility index (Phi) is 3.10. The van der Waals surface area contributed by atoms with E-state index in [4.69, 9.17) is 16.3 Å². The number of aromatic nitrogens is 1. The van der Waals surface area contributed by atoms with Crippen LogP contribution in [0.4, 0.5) is 5.82 Å². The molecular formula is C15H13ClN2O2. The highest BCUT2D eigenvalue weighted by molar-refractivity contribution is 6.34. The van der Waals surface area contributed by atoms with E-state index < -0.39 is 0 Å². The van der Waals surface area contributed by atoms with Crippen LogP contribution < -0.4 is 9.64 Å². The Morgan fingerprint density at radius 2 is 2.20 bits per heavy atom. The van der Waals surface area contributed by atoms with E-state index in [-0.39, 0.29) is 12.5 Å². The molecule has 3 rings (SSSR count). The summed E-state index contributed by atoms with van der Waals surface area (Å²) in [6.45, 7) is 2.00. The molecule has 0 radical (unpaired) electrons. The molecule has 1 amide bonds. The second-order valence-corrected chi connectivity index (χ2v) is 5.10. The van der Waals surface area contributed by atoms with Crippen molar-refractivity contribution >= 4 is 23.3 Å². The Morgan fingerprint density at radius 1 is 1.40 bits per heavy atom. The Labute approximate surface area is 122 Å². The van der Waals surface area contributed by atoms with Crippen molar-refractivity contribution < 1.29 is 9.53 Å². The molecule has 4 nitrogen and oxygen atoms in total. The number of aryl methyl sites for hydroxylation is 1. The molecule has 1 aliphatic rings. The highest BCUT2D eigenvalue weighted by atomic mass is 35.5. The largest absolute Gasteiger partial charge is 0.480 e. The van der Waals surface area contributed by atoms with Gasteiger partial charge in [-0.1, -0.05) is 29.8 Å². The first-order valence-electron chi connectivity index (χ1n) is 6.23. The van der Waals surface area contributed by atoms with E-state index in [0.717, 1.165) is 16.7 Å². The molecular weight excluding hydrogens is 276 g/mol. The quantitative estimate of drug-likeness (QED) is 0.810. The molecule has 1 aliphatic heterocycles. The van der Waals surface area contributed by atoms with Crippen LogP contribution in [0.15, 0.2) is 30.5 Å². The summed E-state index contributed by atoms with van der Waals surface area (Å²) in [6, 6.07) is 7.72. The fourth-order valence-corrected chi connectivity index (χ4v) is 2.40. The lowest BCUT2D eigenvalue weighted by molar-refractivity contribution is -0.121. The number of anilines is 1. The predicted octanol–water partition coefficient (Wildman–Crippen LogP) is 3.07. The maximum Gasteiger partial charge on any atom is 0.265 e. The number of hydrogen-bond donors (Lipinski definition) is 0. The summed E-state index contributed by atoms with van der Waals surface area (Å²) in [5, 5.41) is 0.703. The number of benzene rings is 1. The SMILES string of the molecule is Cc1cccc(-c2cnc3c(c2)OCC(=O)N3C)c1Cl. The van der Waals surface area contributed by atoms with Gasteiger partial charge in [-0.25, -0.2) is 4.98 Å². The van der Waals surface area contributed by atoms with Gasteiger partial charge in [0.05, 0.1) is 5.02 Å². The first-order valence-corrected chi connectivity index (χ1v) is 6.60. The lowest BCUT2D eigenvalue weighted by atomic mass is 10.0. The van der Waals surface area contributed by atoms with Gasteiger partial charge in [-0.05, 0) is 18.6 Å². The fraction of sp³-hybridized carbons (Fsp3) is 0.200. The van der Waals surface area contributed by atoms with Crippen molar-refractivity contribution in [1.29, 1.82) is 0 Å². The molecule has 0 saturated heterocycles. The van der Waals surface area contributed by atoms with Crippen molar-refractivity contribution in [2.24, 2.45) is 0 Å². The van der Waals surface area contributed by atoms with Crippen LogP contribution in [0.25, 0.3) is 11.1 Å². The molecule has 0 atom stereocenters. The zero-order chi connectivity index (χ0) is 14.3. The second-order valence-electron chi connectivity index (χ2n) is 4.72. The van der Waals surface area contributed by atoms with Gasteiger partial charge < -0.3 is 4.74 Å². The number of fused-ring (bicyclic) bond motifs is 1. The van der Waals surface area contributed by atoms with Gasteiger partial charge in [0.15, 0.2) is 18.2 Å². The molecule has 0 N–H and O–H groups in total. The third-order valence-electron chi connectivity index (χ3n) is 3.38. The van der Waals surface area contributed by atoms with E-state index in [9.17, 15) is 4.79 Å². The average Bonchev–Trinajstić information content (AvgIpc) is 2.46. The van der Waals surface area contributed by atoms with E-state index in [1.807, 2.05) is 31.2 Å². The fourth-order valence-electron chi connectivity index (χ4n) is 2.17. The van der Waals surface area contributed by atoms with Gasteiger partial charge in [-0.3, -0.25) is 9.69 Å². The standard InChI is InChI=1S/C15H13ClN2O2/c1-9-4-3-5-11(14(9)16)10-6-12-15(17-7-10)18(2)13(19)8-20-12/h3-7H,8H2,1-2H3. The summed E-state index contributed by atoms with van der Waals surface area (Å²) in [6.07, 6.45) is 1.71. The van der Waals surface area contributed by atoms with Crippen molar-refractivity contribution in [3.8, 4) is 16.9 Å². The highest BCUT2D eigenvalue weighted by Crippen LogP contribution is 2.36. The van der Waals surface area contributed by atoms with Gasteiger partial charge in [0.25, 0.3) is 5.91 Å².